The monoisotopic (exact) mass is 419 g/mol. The minimum absolute atomic E-state index is 0.101. The van der Waals surface area contributed by atoms with Gasteiger partial charge in [0.1, 0.15) is 10.6 Å². The van der Waals surface area contributed by atoms with Crippen LogP contribution >= 0.6 is 22.9 Å². The normalized spacial score (nSPS) is 13.0. The number of aromatic nitrogens is 2. The van der Waals surface area contributed by atoms with Gasteiger partial charge >= 0.3 is 5.97 Å². The number of hydrogen-bond acceptors (Lipinski definition) is 7. The van der Waals surface area contributed by atoms with E-state index in [0.717, 1.165) is 10.2 Å². The van der Waals surface area contributed by atoms with E-state index in [-0.39, 0.29) is 28.5 Å². The minimum Gasteiger partial charge on any atom is -0.465 e. The summed E-state index contributed by atoms with van der Waals surface area (Å²) in [6.07, 6.45) is 1.38. The summed E-state index contributed by atoms with van der Waals surface area (Å²) in [5.74, 6) is -0.588. The predicted molar refractivity (Wildman–Crippen MR) is 109 cm³/mol. The van der Waals surface area contributed by atoms with Crippen LogP contribution in [-0.2, 0) is 10.3 Å². The zero-order valence-electron chi connectivity index (χ0n) is 15.2. The molecule has 146 valence electrons. The molecule has 0 bridgehead atoms. The third kappa shape index (κ3) is 3.94. The molecular weight excluding hydrogens is 402 g/mol. The van der Waals surface area contributed by atoms with Gasteiger partial charge in [0, 0.05) is 6.54 Å². The largest absolute Gasteiger partial charge is 0.465 e. The second-order valence-electron chi connectivity index (χ2n) is 6.24. The number of carbonyl (C=O) groups excluding carboxylic acids is 1. The average molecular weight is 420 g/mol. The van der Waals surface area contributed by atoms with E-state index in [1.807, 2.05) is 16.8 Å². The maximum Gasteiger partial charge on any atom is 0.340 e. The molecule has 0 aliphatic rings. The summed E-state index contributed by atoms with van der Waals surface area (Å²) in [4.78, 5) is 24.7. The molecule has 0 aliphatic heterocycles. The Bertz CT molecular complexity index is 1050. The molecule has 9 heteroatoms. The lowest BCUT2D eigenvalue weighted by Crippen LogP contribution is -2.31. The van der Waals surface area contributed by atoms with Crippen LogP contribution in [0.3, 0.4) is 0 Å². The van der Waals surface area contributed by atoms with Crippen molar-refractivity contribution in [1.82, 2.24) is 9.78 Å². The highest BCUT2D eigenvalue weighted by atomic mass is 35.5. The Hall–Kier alpha value is -2.68. The number of hydrogen-bond donors (Lipinski definition) is 2. The van der Waals surface area contributed by atoms with Crippen molar-refractivity contribution in [1.29, 1.82) is 0 Å². The predicted octanol–water partition coefficient (Wildman–Crippen LogP) is 3.05. The molecule has 2 N–H and O–H groups in total. The zero-order valence-corrected chi connectivity index (χ0v) is 16.8. The van der Waals surface area contributed by atoms with Gasteiger partial charge in [0.25, 0.3) is 5.56 Å². The lowest BCUT2D eigenvalue weighted by atomic mass is 9.99. The first kappa shape index (κ1) is 20.1. The van der Waals surface area contributed by atoms with E-state index in [1.54, 1.807) is 25.1 Å². The van der Waals surface area contributed by atoms with Gasteiger partial charge < -0.3 is 15.2 Å². The van der Waals surface area contributed by atoms with Gasteiger partial charge in [-0.05, 0) is 41.4 Å². The molecule has 1 aromatic carbocycles. The third-order valence-corrected chi connectivity index (χ3v) is 5.27. The van der Waals surface area contributed by atoms with Gasteiger partial charge in [0.2, 0.25) is 0 Å². The summed E-state index contributed by atoms with van der Waals surface area (Å²) in [6.45, 7) is 1.80. The molecule has 0 saturated heterocycles. The second kappa shape index (κ2) is 8.14. The topological polar surface area (TPSA) is 93.5 Å². The fourth-order valence-corrected chi connectivity index (χ4v) is 3.59. The fraction of sp³-hybridized carbons (Fsp3) is 0.211. The molecule has 7 nitrogen and oxygen atoms in total. The Morgan fingerprint density at radius 3 is 2.82 bits per heavy atom. The number of anilines is 1. The van der Waals surface area contributed by atoms with Crippen LogP contribution in [0, 0.1) is 0 Å². The second-order valence-corrected chi connectivity index (χ2v) is 7.40. The van der Waals surface area contributed by atoms with Crippen LogP contribution in [0.5, 0.6) is 0 Å². The van der Waals surface area contributed by atoms with Gasteiger partial charge in [-0.1, -0.05) is 23.7 Å². The highest BCUT2D eigenvalue weighted by Gasteiger charge is 2.24. The number of aliphatic hydroxyl groups is 1. The standard InChI is InChI=1S/C19H18ClN3O4S/c1-19(26,12-7-8-28-10-12)11-21-14-9-22-23(17(24)16(14)20)15-6-4-3-5-13(15)18(25)27-2/h3-10,21,26H,11H2,1-2H3. The van der Waals surface area contributed by atoms with Gasteiger partial charge in [-0.2, -0.15) is 21.1 Å². The molecule has 0 saturated carbocycles. The highest BCUT2D eigenvalue weighted by Crippen LogP contribution is 2.25. The molecule has 1 unspecified atom stereocenters. The van der Waals surface area contributed by atoms with Gasteiger partial charge in [-0.25, -0.2) is 4.79 Å². The van der Waals surface area contributed by atoms with E-state index >= 15 is 0 Å². The molecule has 2 heterocycles. The van der Waals surface area contributed by atoms with E-state index < -0.39 is 17.1 Å². The van der Waals surface area contributed by atoms with Gasteiger partial charge in [0.05, 0.1) is 30.2 Å². The number of halogens is 1. The molecule has 0 fully saturated rings. The average Bonchev–Trinajstić information content (AvgIpc) is 3.24. The van der Waals surface area contributed by atoms with Gasteiger partial charge in [-0.3, -0.25) is 4.79 Å². The molecule has 0 radical (unpaired) electrons. The maximum absolute atomic E-state index is 12.7. The van der Waals surface area contributed by atoms with E-state index in [4.69, 9.17) is 16.3 Å². The van der Waals surface area contributed by atoms with Gasteiger partial charge in [0.15, 0.2) is 0 Å². The first-order chi connectivity index (χ1) is 13.3. The molecule has 0 aliphatic carbocycles. The number of carbonyl (C=O) groups is 1. The smallest absolute Gasteiger partial charge is 0.340 e. The summed E-state index contributed by atoms with van der Waals surface area (Å²) in [6, 6.07) is 8.27. The van der Waals surface area contributed by atoms with Crippen molar-refractivity contribution in [2.75, 3.05) is 19.0 Å². The maximum atomic E-state index is 12.7. The summed E-state index contributed by atoms with van der Waals surface area (Å²) in [5, 5.41) is 21.3. The van der Waals surface area contributed by atoms with Gasteiger partial charge in [-0.15, -0.1) is 0 Å². The molecule has 3 rings (SSSR count). The lowest BCUT2D eigenvalue weighted by Gasteiger charge is -2.23. The first-order valence-corrected chi connectivity index (χ1v) is 9.61. The van der Waals surface area contributed by atoms with E-state index in [2.05, 4.69) is 10.4 Å². The molecule has 2 aromatic heterocycles. The van der Waals surface area contributed by atoms with Crippen molar-refractivity contribution < 1.29 is 14.6 Å². The zero-order chi connectivity index (χ0) is 20.3. The van der Waals surface area contributed by atoms with Crippen LogP contribution in [-0.4, -0.2) is 34.5 Å². The Morgan fingerprint density at radius 1 is 1.39 bits per heavy atom. The van der Waals surface area contributed by atoms with Crippen LogP contribution in [0.15, 0.2) is 52.1 Å². The number of nitrogens with one attached hydrogen (secondary N) is 1. The van der Waals surface area contributed by atoms with E-state index in [9.17, 15) is 14.7 Å². The quantitative estimate of drug-likeness (QED) is 0.596. The number of nitrogens with zero attached hydrogens (tertiary/aromatic N) is 2. The molecular formula is C19H18ClN3O4S. The van der Waals surface area contributed by atoms with Crippen LogP contribution in [0.4, 0.5) is 5.69 Å². The van der Waals surface area contributed by atoms with Crippen molar-refractivity contribution >= 4 is 34.6 Å². The number of para-hydroxylation sites is 1. The van der Waals surface area contributed by atoms with E-state index in [1.165, 1.54) is 30.7 Å². The van der Waals surface area contributed by atoms with Crippen molar-refractivity contribution in [3.63, 3.8) is 0 Å². The van der Waals surface area contributed by atoms with Crippen molar-refractivity contribution in [3.8, 4) is 5.69 Å². The number of methoxy groups -OCH3 is 1. The summed E-state index contributed by atoms with van der Waals surface area (Å²) in [5.41, 5.74) is -0.244. The number of esters is 1. The summed E-state index contributed by atoms with van der Waals surface area (Å²) < 4.78 is 5.79. The minimum atomic E-state index is -1.14. The third-order valence-electron chi connectivity index (χ3n) is 4.22. The van der Waals surface area contributed by atoms with Crippen LogP contribution in [0.1, 0.15) is 22.8 Å². The number of thiophene rings is 1. The molecule has 3 aromatic rings. The first-order valence-electron chi connectivity index (χ1n) is 8.29. The molecule has 1 atom stereocenters. The number of rotatable bonds is 6. The Labute approximate surface area is 170 Å². The van der Waals surface area contributed by atoms with Crippen LogP contribution < -0.4 is 10.9 Å². The van der Waals surface area contributed by atoms with Crippen LogP contribution in [0.2, 0.25) is 5.02 Å². The summed E-state index contributed by atoms with van der Waals surface area (Å²) >= 11 is 7.72. The summed E-state index contributed by atoms with van der Waals surface area (Å²) in [7, 11) is 1.26. The SMILES string of the molecule is COC(=O)c1ccccc1-n1ncc(NCC(C)(O)c2ccsc2)c(Cl)c1=O. The Kier molecular flexibility index (Phi) is 5.83. The van der Waals surface area contributed by atoms with Crippen molar-refractivity contribution in [2.45, 2.75) is 12.5 Å². The number of ether oxygens (including phenoxy) is 1. The number of benzene rings is 1. The molecule has 0 amide bonds. The van der Waals surface area contributed by atoms with Crippen molar-refractivity contribution in [3.05, 3.63) is 73.8 Å². The highest BCUT2D eigenvalue weighted by molar-refractivity contribution is 7.08. The Balaban J connectivity index is 1.91. The molecule has 28 heavy (non-hydrogen) atoms. The van der Waals surface area contributed by atoms with Crippen LogP contribution in [0.25, 0.3) is 5.69 Å². The fourth-order valence-electron chi connectivity index (χ4n) is 2.61. The Morgan fingerprint density at radius 2 is 2.14 bits per heavy atom. The lowest BCUT2D eigenvalue weighted by molar-refractivity contribution is 0.0600. The molecule has 0 spiro atoms. The van der Waals surface area contributed by atoms with Crippen molar-refractivity contribution in [2.24, 2.45) is 0 Å². The van der Waals surface area contributed by atoms with E-state index in [0.29, 0.717) is 0 Å².